The van der Waals surface area contributed by atoms with E-state index in [1.54, 1.807) is 0 Å². The summed E-state index contributed by atoms with van der Waals surface area (Å²) < 4.78 is 0. The van der Waals surface area contributed by atoms with E-state index >= 15 is 0 Å². The van der Waals surface area contributed by atoms with Gasteiger partial charge in [0.1, 0.15) is 0 Å². The molecule has 2 heteroatoms. The average Bonchev–Trinajstić information content (AvgIpc) is 1.89. The molecule has 0 aliphatic rings. The van der Waals surface area contributed by atoms with Crippen LogP contribution in [0.15, 0.2) is 0 Å². The lowest BCUT2D eigenvalue weighted by atomic mass is 10.1. The molecule has 0 aliphatic heterocycles. The van der Waals surface area contributed by atoms with Crippen molar-refractivity contribution in [3.63, 3.8) is 0 Å². The number of nitrogens with one attached hydrogen (secondary N) is 1. The largest absolute Gasteiger partial charge is 0.216 e. The highest BCUT2D eigenvalue weighted by Crippen LogP contribution is 2.00. The standard InChI is InChI=1S/C8H14ClN/c1-4-5-6-7-8(2,3)10-9/h10H,4-5H2,1-3H3. The zero-order chi connectivity index (χ0) is 8.04. The molecule has 0 aromatic carbocycles. The molecule has 0 rings (SSSR count). The fourth-order valence-electron chi connectivity index (χ4n) is 0.432. The van der Waals surface area contributed by atoms with Gasteiger partial charge in [0.05, 0.1) is 5.54 Å². The first kappa shape index (κ1) is 9.81. The highest BCUT2D eigenvalue weighted by molar-refractivity contribution is 6.14. The summed E-state index contributed by atoms with van der Waals surface area (Å²) in [5.74, 6) is 6.05. The number of hydrogen-bond acceptors (Lipinski definition) is 1. The molecular weight excluding hydrogens is 146 g/mol. The van der Waals surface area contributed by atoms with Crippen molar-refractivity contribution in [2.45, 2.75) is 39.2 Å². The van der Waals surface area contributed by atoms with E-state index in [-0.39, 0.29) is 5.54 Å². The quantitative estimate of drug-likeness (QED) is 0.482. The van der Waals surface area contributed by atoms with E-state index in [2.05, 4.69) is 23.6 Å². The lowest BCUT2D eigenvalue weighted by molar-refractivity contribution is 0.619. The maximum Gasteiger partial charge on any atom is 0.0880 e. The first-order valence-corrected chi connectivity index (χ1v) is 3.88. The molecule has 10 heavy (non-hydrogen) atoms. The number of unbranched alkanes of at least 4 members (excludes halogenated alkanes) is 1. The lowest BCUT2D eigenvalue weighted by Gasteiger charge is -2.12. The summed E-state index contributed by atoms with van der Waals surface area (Å²) in [6.07, 6.45) is 2.05. The third-order valence-corrected chi connectivity index (χ3v) is 1.48. The van der Waals surface area contributed by atoms with Crippen LogP contribution in [-0.4, -0.2) is 5.54 Å². The molecule has 0 amide bonds. The van der Waals surface area contributed by atoms with E-state index in [1.165, 1.54) is 0 Å². The minimum absolute atomic E-state index is 0.253. The Hall–Kier alpha value is -0.190. The monoisotopic (exact) mass is 159 g/mol. The Bertz CT molecular complexity index is 141. The zero-order valence-corrected chi connectivity index (χ0v) is 7.55. The second-order valence-electron chi connectivity index (χ2n) is 2.77. The van der Waals surface area contributed by atoms with Gasteiger partial charge in [-0.2, -0.15) is 0 Å². The minimum Gasteiger partial charge on any atom is -0.216 e. The molecular formula is C8H14ClN. The molecule has 1 nitrogen and oxygen atoms in total. The molecule has 0 aliphatic carbocycles. The van der Waals surface area contributed by atoms with Crippen LogP contribution in [0.2, 0.25) is 0 Å². The molecule has 0 spiro atoms. The SMILES string of the molecule is CCCC#CC(C)(C)NCl. The average molecular weight is 160 g/mol. The van der Waals surface area contributed by atoms with Gasteiger partial charge in [-0.15, -0.1) is 5.92 Å². The molecule has 0 fully saturated rings. The molecule has 0 radical (unpaired) electrons. The summed E-state index contributed by atoms with van der Waals surface area (Å²) in [7, 11) is 0. The smallest absolute Gasteiger partial charge is 0.0880 e. The Morgan fingerprint density at radius 1 is 1.50 bits per heavy atom. The van der Waals surface area contributed by atoms with Crippen LogP contribution < -0.4 is 4.84 Å². The van der Waals surface area contributed by atoms with Crippen LogP contribution >= 0.6 is 11.8 Å². The highest BCUT2D eigenvalue weighted by atomic mass is 35.5. The summed E-state index contributed by atoms with van der Waals surface area (Å²) >= 11 is 5.42. The van der Waals surface area contributed by atoms with Crippen molar-refractivity contribution in [3.8, 4) is 11.8 Å². The molecule has 0 unspecified atom stereocenters. The van der Waals surface area contributed by atoms with Gasteiger partial charge in [-0.3, -0.25) is 0 Å². The second kappa shape index (κ2) is 4.60. The third-order valence-electron chi connectivity index (χ3n) is 1.01. The van der Waals surface area contributed by atoms with Gasteiger partial charge in [0.2, 0.25) is 0 Å². The van der Waals surface area contributed by atoms with Crippen LogP contribution in [0.4, 0.5) is 0 Å². The third kappa shape index (κ3) is 4.67. The predicted octanol–water partition coefficient (Wildman–Crippen LogP) is 2.31. The normalized spacial score (nSPS) is 10.4. The first-order chi connectivity index (χ1) is 4.62. The topological polar surface area (TPSA) is 12.0 Å². The maximum absolute atomic E-state index is 5.42. The van der Waals surface area contributed by atoms with E-state index in [9.17, 15) is 0 Å². The second-order valence-corrected chi connectivity index (χ2v) is 2.96. The van der Waals surface area contributed by atoms with Crippen LogP contribution in [0, 0.1) is 11.8 Å². The van der Waals surface area contributed by atoms with Crippen molar-refractivity contribution < 1.29 is 0 Å². The summed E-state index contributed by atoms with van der Waals surface area (Å²) in [5.41, 5.74) is -0.253. The summed E-state index contributed by atoms with van der Waals surface area (Å²) in [5, 5.41) is 0. The molecule has 58 valence electrons. The van der Waals surface area contributed by atoms with Crippen LogP contribution in [0.5, 0.6) is 0 Å². The van der Waals surface area contributed by atoms with Gasteiger partial charge in [-0.1, -0.05) is 12.8 Å². The maximum atomic E-state index is 5.42. The molecule has 0 saturated heterocycles. The van der Waals surface area contributed by atoms with E-state index in [1.807, 2.05) is 13.8 Å². The number of rotatable bonds is 2. The Labute approximate surface area is 68.3 Å². The fraction of sp³-hybridized carbons (Fsp3) is 0.750. The van der Waals surface area contributed by atoms with Crippen molar-refractivity contribution in [1.82, 2.24) is 4.84 Å². The zero-order valence-electron chi connectivity index (χ0n) is 6.79. The Morgan fingerprint density at radius 2 is 2.10 bits per heavy atom. The van der Waals surface area contributed by atoms with Crippen molar-refractivity contribution in [2.24, 2.45) is 0 Å². The highest BCUT2D eigenvalue weighted by Gasteiger charge is 2.09. The van der Waals surface area contributed by atoms with Crippen molar-refractivity contribution >= 4 is 11.8 Å². The molecule has 0 bridgehead atoms. The summed E-state index contributed by atoms with van der Waals surface area (Å²) in [4.78, 5) is 2.60. The molecule has 0 atom stereocenters. The van der Waals surface area contributed by atoms with Crippen LogP contribution in [-0.2, 0) is 0 Å². The Morgan fingerprint density at radius 3 is 2.50 bits per heavy atom. The fourth-order valence-corrected chi connectivity index (χ4v) is 0.479. The van der Waals surface area contributed by atoms with E-state index < -0.39 is 0 Å². The van der Waals surface area contributed by atoms with E-state index in [4.69, 9.17) is 11.8 Å². The van der Waals surface area contributed by atoms with Gasteiger partial charge >= 0.3 is 0 Å². The van der Waals surface area contributed by atoms with Gasteiger partial charge in [-0.05, 0) is 32.0 Å². The van der Waals surface area contributed by atoms with Gasteiger partial charge in [-0.25, -0.2) is 4.84 Å². The number of halogens is 1. The van der Waals surface area contributed by atoms with Gasteiger partial charge < -0.3 is 0 Å². The van der Waals surface area contributed by atoms with Crippen LogP contribution in [0.25, 0.3) is 0 Å². The van der Waals surface area contributed by atoms with Gasteiger partial charge in [0.15, 0.2) is 0 Å². The summed E-state index contributed by atoms with van der Waals surface area (Å²) in [6, 6.07) is 0. The summed E-state index contributed by atoms with van der Waals surface area (Å²) in [6.45, 7) is 6.00. The van der Waals surface area contributed by atoms with Crippen LogP contribution in [0.3, 0.4) is 0 Å². The Balaban J connectivity index is 3.77. The van der Waals surface area contributed by atoms with Crippen molar-refractivity contribution in [3.05, 3.63) is 0 Å². The molecule has 0 saturated carbocycles. The Kier molecular flexibility index (Phi) is 4.51. The minimum atomic E-state index is -0.253. The van der Waals surface area contributed by atoms with Crippen molar-refractivity contribution in [1.29, 1.82) is 0 Å². The van der Waals surface area contributed by atoms with E-state index in [0.717, 1.165) is 12.8 Å². The van der Waals surface area contributed by atoms with Crippen LogP contribution in [0.1, 0.15) is 33.6 Å². The predicted molar refractivity (Wildman–Crippen MR) is 45.8 cm³/mol. The van der Waals surface area contributed by atoms with Gasteiger partial charge in [0.25, 0.3) is 0 Å². The number of hydrogen-bond donors (Lipinski definition) is 1. The van der Waals surface area contributed by atoms with Gasteiger partial charge in [0, 0.05) is 6.42 Å². The first-order valence-electron chi connectivity index (χ1n) is 3.50. The molecule has 1 N–H and O–H groups in total. The van der Waals surface area contributed by atoms with E-state index in [0.29, 0.717) is 0 Å². The lowest BCUT2D eigenvalue weighted by Crippen LogP contribution is -2.30. The molecule has 0 heterocycles. The van der Waals surface area contributed by atoms with Crippen molar-refractivity contribution in [2.75, 3.05) is 0 Å². The molecule has 0 aromatic rings. The molecule has 0 aromatic heterocycles.